The van der Waals surface area contributed by atoms with Gasteiger partial charge in [0.2, 0.25) is 5.75 Å². The lowest BCUT2D eigenvalue weighted by atomic mass is 10.2. The average Bonchev–Trinajstić information content (AvgIpc) is 2.62. The molecule has 1 aromatic carbocycles. The highest BCUT2D eigenvalue weighted by Gasteiger charge is 2.19. The number of amides is 1. The van der Waals surface area contributed by atoms with Gasteiger partial charge in [-0.3, -0.25) is 4.79 Å². The number of hydrogen-bond acceptors (Lipinski definition) is 6. The predicted molar refractivity (Wildman–Crippen MR) is 95.2 cm³/mol. The molecule has 0 radical (unpaired) electrons. The molecule has 1 aromatic heterocycles. The van der Waals surface area contributed by atoms with Gasteiger partial charge in [0.1, 0.15) is 11.4 Å². The summed E-state index contributed by atoms with van der Waals surface area (Å²) < 4.78 is 10.7. The minimum absolute atomic E-state index is 0.0246. The minimum Gasteiger partial charge on any atom is -0.494 e. The molecule has 0 saturated carbocycles. The summed E-state index contributed by atoms with van der Waals surface area (Å²) >= 11 is 0. The molecule has 8 nitrogen and oxygen atoms in total. The number of rotatable bonds is 8. The summed E-state index contributed by atoms with van der Waals surface area (Å²) in [5.41, 5.74) is 1.44. The van der Waals surface area contributed by atoms with Crippen LogP contribution in [0.15, 0.2) is 36.4 Å². The number of pyridine rings is 1. The molecule has 0 aliphatic carbocycles. The van der Waals surface area contributed by atoms with Gasteiger partial charge in [-0.15, -0.1) is 0 Å². The number of nitro groups is 1. The number of likely N-dealkylation sites (N-methyl/N-ethyl adjacent to an activating group) is 1. The smallest absolute Gasteiger partial charge is 0.406 e. The van der Waals surface area contributed by atoms with Gasteiger partial charge >= 0.3 is 5.82 Å². The Bertz CT molecular complexity index is 777. The van der Waals surface area contributed by atoms with Crippen molar-refractivity contribution in [2.75, 3.05) is 20.3 Å². The zero-order chi connectivity index (χ0) is 19.1. The number of aryl methyl sites for hydroxylation is 1. The van der Waals surface area contributed by atoms with Crippen LogP contribution in [0.25, 0.3) is 0 Å². The van der Waals surface area contributed by atoms with Crippen molar-refractivity contribution < 1.29 is 19.2 Å². The quantitative estimate of drug-likeness (QED) is 0.531. The summed E-state index contributed by atoms with van der Waals surface area (Å²) in [6, 6.07) is 10.5. The normalized spacial score (nSPS) is 10.3. The number of ether oxygens (including phenoxy) is 2. The fourth-order valence-electron chi connectivity index (χ4n) is 2.24. The van der Waals surface area contributed by atoms with Gasteiger partial charge in [0, 0.05) is 20.5 Å². The molecule has 2 rings (SSSR count). The molecule has 0 saturated heterocycles. The van der Waals surface area contributed by atoms with E-state index in [1.807, 2.05) is 31.2 Å². The third-order valence-corrected chi connectivity index (χ3v) is 3.58. The summed E-state index contributed by atoms with van der Waals surface area (Å²) in [6.45, 7) is 4.23. The van der Waals surface area contributed by atoms with Gasteiger partial charge in [0.15, 0.2) is 6.61 Å². The first-order valence-corrected chi connectivity index (χ1v) is 8.11. The maximum atomic E-state index is 12.2. The van der Waals surface area contributed by atoms with Gasteiger partial charge < -0.3 is 24.5 Å². The SMILES string of the molecule is CCOc1ccc(CN(C)C(=O)COc2ccc(C)nc2[N+](=O)[O-])cc1. The fraction of sp³-hybridized carbons (Fsp3) is 0.333. The van der Waals surface area contributed by atoms with Crippen LogP contribution in [0, 0.1) is 17.0 Å². The third kappa shape index (κ3) is 5.17. The van der Waals surface area contributed by atoms with Crippen molar-refractivity contribution in [1.82, 2.24) is 9.88 Å². The monoisotopic (exact) mass is 359 g/mol. The zero-order valence-electron chi connectivity index (χ0n) is 15.0. The third-order valence-electron chi connectivity index (χ3n) is 3.58. The van der Waals surface area contributed by atoms with E-state index in [0.717, 1.165) is 11.3 Å². The van der Waals surface area contributed by atoms with Gasteiger partial charge in [-0.25, -0.2) is 0 Å². The number of carbonyl (C=O) groups excluding carboxylic acids is 1. The zero-order valence-corrected chi connectivity index (χ0v) is 15.0. The highest BCUT2D eigenvalue weighted by molar-refractivity contribution is 5.77. The van der Waals surface area contributed by atoms with E-state index in [9.17, 15) is 14.9 Å². The molecule has 0 unspecified atom stereocenters. The highest BCUT2D eigenvalue weighted by Crippen LogP contribution is 2.24. The Morgan fingerprint density at radius 1 is 1.19 bits per heavy atom. The predicted octanol–water partition coefficient (Wildman–Crippen LogP) is 2.73. The largest absolute Gasteiger partial charge is 0.494 e. The molecule has 138 valence electrons. The molecule has 0 spiro atoms. The lowest BCUT2D eigenvalue weighted by Gasteiger charge is -2.17. The summed E-state index contributed by atoms with van der Waals surface area (Å²) in [5.74, 6) is 0.0527. The second-order valence-electron chi connectivity index (χ2n) is 5.65. The van der Waals surface area contributed by atoms with E-state index in [-0.39, 0.29) is 18.3 Å². The van der Waals surface area contributed by atoms with Crippen molar-refractivity contribution in [3.63, 3.8) is 0 Å². The van der Waals surface area contributed by atoms with Crippen LogP contribution < -0.4 is 9.47 Å². The van der Waals surface area contributed by atoms with Gasteiger partial charge in [-0.05, 0) is 46.7 Å². The Morgan fingerprint density at radius 3 is 2.50 bits per heavy atom. The van der Waals surface area contributed by atoms with E-state index in [0.29, 0.717) is 18.8 Å². The molecule has 0 atom stereocenters. The molecule has 0 aliphatic heterocycles. The van der Waals surface area contributed by atoms with Crippen molar-refractivity contribution in [2.24, 2.45) is 0 Å². The van der Waals surface area contributed by atoms with Crippen molar-refractivity contribution in [1.29, 1.82) is 0 Å². The minimum atomic E-state index is -0.629. The second-order valence-corrected chi connectivity index (χ2v) is 5.65. The van der Waals surface area contributed by atoms with Gasteiger partial charge in [-0.1, -0.05) is 12.1 Å². The number of carbonyl (C=O) groups is 1. The Kier molecular flexibility index (Phi) is 6.48. The lowest BCUT2D eigenvalue weighted by molar-refractivity contribution is -0.390. The lowest BCUT2D eigenvalue weighted by Crippen LogP contribution is -2.31. The van der Waals surface area contributed by atoms with Crippen LogP contribution in [0.4, 0.5) is 5.82 Å². The van der Waals surface area contributed by atoms with E-state index in [4.69, 9.17) is 9.47 Å². The average molecular weight is 359 g/mol. The Morgan fingerprint density at radius 2 is 1.88 bits per heavy atom. The summed E-state index contributed by atoms with van der Waals surface area (Å²) in [6.07, 6.45) is 0. The van der Waals surface area contributed by atoms with E-state index in [1.165, 1.54) is 11.0 Å². The maximum absolute atomic E-state index is 12.2. The molecular formula is C18H21N3O5. The van der Waals surface area contributed by atoms with Gasteiger partial charge in [0.05, 0.1) is 6.61 Å². The molecule has 0 aliphatic rings. The van der Waals surface area contributed by atoms with Crippen LogP contribution in [0.1, 0.15) is 18.2 Å². The first-order valence-electron chi connectivity index (χ1n) is 8.11. The molecule has 8 heteroatoms. The van der Waals surface area contributed by atoms with Gasteiger partial charge in [-0.2, -0.15) is 0 Å². The number of nitrogens with zero attached hydrogens (tertiary/aromatic N) is 3. The molecule has 1 amide bonds. The van der Waals surface area contributed by atoms with Crippen molar-refractivity contribution >= 4 is 11.7 Å². The molecule has 1 heterocycles. The van der Waals surface area contributed by atoms with E-state index in [1.54, 1.807) is 20.0 Å². The number of hydrogen-bond donors (Lipinski definition) is 0. The fourth-order valence-corrected chi connectivity index (χ4v) is 2.24. The maximum Gasteiger partial charge on any atom is 0.406 e. The number of benzene rings is 1. The van der Waals surface area contributed by atoms with Gasteiger partial charge in [0.25, 0.3) is 5.91 Å². The van der Waals surface area contributed by atoms with E-state index >= 15 is 0 Å². The highest BCUT2D eigenvalue weighted by atomic mass is 16.6. The first kappa shape index (κ1) is 19.2. The van der Waals surface area contributed by atoms with Crippen LogP contribution in [0.2, 0.25) is 0 Å². The molecule has 2 aromatic rings. The van der Waals surface area contributed by atoms with Crippen LogP contribution >= 0.6 is 0 Å². The topological polar surface area (TPSA) is 94.8 Å². The van der Waals surface area contributed by atoms with Crippen molar-refractivity contribution in [3.05, 3.63) is 57.8 Å². The van der Waals surface area contributed by atoms with Crippen LogP contribution in [0.3, 0.4) is 0 Å². The Hall–Kier alpha value is -3.16. The second kappa shape index (κ2) is 8.80. The van der Waals surface area contributed by atoms with E-state index < -0.39 is 10.7 Å². The van der Waals surface area contributed by atoms with Crippen LogP contribution in [-0.4, -0.2) is 41.0 Å². The van der Waals surface area contributed by atoms with Crippen LogP contribution in [0.5, 0.6) is 11.5 Å². The summed E-state index contributed by atoms with van der Waals surface area (Å²) in [5, 5.41) is 11.0. The Balaban J connectivity index is 1.94. The van der Waals surface area contributed by atoms with Crippen LogP contribution in [-0.2, 0) is 11.3 Å². The number of aromatic nitrogens is 1. The van der Waals surface area contributed by atoms with Crippen molar-refractivity contribution in [2.45, 2.75) is 20.4 Å². The van der Waals surface area contributed by atoms with E-state index in [2.05, 4.69) is 4.98 Å². The molecule has 26 heavy (non-hydrogen) atoms. The van der Waals surface area contributed by atoms with Crippen molar-refractivity contribution in [3.8, 4) is 11.5 Å². The first-order chi connectivity index (χ1) is 12.4. The molecule has 0 N–H and O–H groups in total. The summed E-state index contributed by atoms with van der Waals surface area (Å²) in [4.78, 5) is 27.9. The summed E-state index contributed by atoms with van der Waals surface area (Å²) in [7, 11) is 1.64. The Labute approximate surface area is 151 Å². The standard InChI is InChI=1S/C18H21N3O5/c1-4-25-15-8-6-14(7-9-15)11-20(3)17(22)12-26-16-10-5-13(2)19-18(16)21(23)24/h5-10H,4,11-12H2,1-3H3. The molecule has 0 fully saturated rings. The molecule has 0 bridgehead atoms. The molecular weight excluding hydrogens is 338 g/mol.